The van der Waals surface area contributed by atoms with Crippen molar-refractivity contribution in [2.75, 3.05) is 13.1 Å². The van der Waals surface area contributed by atoms with E-state index in [9.17, 15) is 0 Å². The predicted molar refractivity (Wildman–Crippen MR) is 43.7 cm³/mol. The van der Waals surface area contributed by atoms with Crippen LogP contribution < -0.4 is 5.73 Å². The quantitative estimate of drug-likeness (QED) is 0.468. The molecule has 0 aliphatic heterocycles. The van der Waals surface area contributed by atoms with Crippen molar-refractivity contribution in [3.63, 3.8) is 0 Å². The minimum atomic E-state index is -0.610. The van der Waals surface area contributed by atoms with Crippen LogP contribution in [-0.4, -0.2) is 40.7 Å². The predicted octanol–water partition coefficient (Wildman–Crippen LogP) is -0.686. The molecule has 11 heavy (non-hydrogen) atoms. The minimum absolute atomic E-state index is 0.579. The molecule has 4 nitrogen and oxygen atoms in total. The van der Waals surface area contributed by atoms with Gasteiger partial charge in [-0.05, 0) is 26.8 Å². The number of nitrogens with zero attached hydrogens (tertiary/aromatic N) is 1. The molecule has 0 spiro atoms. The van der Waals surface area contributed by atoms with Crippen molar-refractivity contribution in [1.82, 2.24) is 4.90 Å². The van der Waals surface area contributed by atoms with Gasteiger partial charge in [-0.2, -0.15) is 0 Å². The Bertz CT molecular complexity index is 88.4. The van der Waals surface area contributed by atoms with Crippen molar-refractivity contribution in [3.8, 4) is 0 Å². The van der Waals surface area contributed by atoms with E-state index in [0.717, 1.165) is 6.42 Å². The molecule has 0 aromatic rings. The van der Waals surface area contributed by atoms with E-state index in [1.807, 2.05) is 0 Å². The molecule has 0 fully saturated rings. The highest BCUT2D eigenvalue weighted by molar-refractivity contribution is 4.58. The van der Waals surface area contributed by atoms with Crippen molar-refractivity contribution in [1.29, 1.82) is 0 Å². The second kappa shape index (κ2) is 5.49. The third-order valence-electron chi connectivity index (χ3n) is 1.58. The second-order valence-corrected chi connectivity index (χ2v) is 2.64. The van der Waals surface area contributed by atoms with E-state index in [1.165, 1.54) is 0 Å². The molecule has 4 N–H and O–H groups in total. The summed E-state index contributed by atoms with van der Waals surface area (Å²) in [6.45, 7) is 4.47. The van der Waals surface area contributed by atoms with Gasteiger partial charge in [0.05, 0.1) is 0 Å². The molecule has 0 bridgehead atoms. The Balaban J connectivity index is 3.70. The lowest BCUT2D eigenvalue weighted by molar-refractivity contribution is -0.0838. The van der Waals surface area contributed by atoms with Gasteiger partial charge in [0.1, 0.15) is 12.5 Å². The van der Waals surface area contributed by atoms with Crippen molar-refractivity contribution < 1.29 is 10.2 Å². The topological polar surface area (TPSA) is 69.7 Å². The average molecular weight is 162 g/mol. The van der Waals surface area contributed by atoms with Crippen molar-refractivity contribution >= 4 is 0 Å². The fourth-order valence-corrected chi connectivity index (χ4v) is 0.960. The number of aliphatic hydroxyl groups excluding tert-OH is 2. The number of nitrogens with two attached hydrogens (primary N) is 1. The summed E-state index contributed by atoms with van der Waals surface area (Å²) < 4.78 is 0. The summed E-state index contributed by atoms with van der Waals surface area (Å²) >= 11 is 0. The maximum Gasteiger partial charge on any atom is 0.106 e. The molecule has 0 aromatic heterocycles. The third-order valence-corrected chi connectivity index (χ3v) is 1.58. The van der Waals surface area contributed by atoms with Gasteiger partial charge in [-0.15, -0.1) is 0 Å². The van der Waals surface area contributed by atoms with Gasteiger partial charge in [0, 0.05) is 6.54 Å². The van der Waals surface area contributed by atoms with E-state index in [4.69, 9.17) is 15.9 Å². The summed E-state index contributed by atoms with van der Waals surface area (Å²) in [5, 5.41) is 18.3. The van der Waals surface area contributed by atoms with Gasteiger partial charge >= 0.3 is 0 Å². The minimum Gasteiger partial charge on any atom is -0.379 e. The van der Waals surface area contributed by atoms with Crippen LogP contribution in [0, 0.1) is 0 Å². The van der Waals surface area contributed by atoms with Gasteiger partial charge in [-0.1, -0.05) is 0 Å². The van der Waals surface area contributed by atoms with E-state index in [2.05, 4.69) is 0 Å². The van der Waals surface area contributed by atoms with E-state index in [-0.39, 0.29) is 0 Å². The molecule has 2 atom stereocenters. The average Bonchev–Trinajstić information content (AvgIpc) is 1.87. The van der Waals surface area contributed by atoms with Gasteiger partial charge in [-0.3, -0.25) is 4.90 Å². The fraction of sp³-hybridized carbons (Fsp3) is 1.00. The van der Waals surface area contributed by atoms with Crippen LogP contribution in [0.2, 0.25) is 0 Å². The maximum absolute atomic E-state index is 9.13. The number of aliphatic hydroxyl groups is 2. The van der Waals surface area contributed by atoms with E-state index in [1.54, 1.807) is 18.7 Å². The third kappa shape index (κ3) is 4.31. The molecular weight excluding hydrogens is 144 g/mol. The molecule has 0 amide bonds. The van der Waals surface area contributed by atoms with E-state index < -0.39 is 12.5 Å². The zero-order chi connectivity index (χ0) is 8.85. The van der Waals surface area contributed by atoms with Crippen LogP contribution in [0.15, 0.2) is 0 Å². The van der Waals surface area contributed by atoms with Crippen LogP contribution in [0.3, 0.4) is 0 Å². The zero-order valence-corrected chi connectivity index (χ0v) is 7.20. The Morgan fingerprint density at radius 2 is 1.73 bits per heavy atom. The van der Waals surface area contributed by atoms with E-state index in [0.29, 0.717) is 13.1 Å². The first-order valence-electron chi connectivity index (χ1n) is 3.91. The highest BCUT2D eigenvalue weighted by Gasteiger charge is 2.14. The van der Waals surface area contributed by atoms with Crippen LogP contribution in [0.25, 0.3) is 0 Å². The summed E-state index contributed by atoms with van der Waals surface area (Å²) in [4.78, 5) is 1.58. The highest BCUT2D eigenvalue weighted by Crippen LogP contribution is 2.01. The van der Waals surface area contributed by atoms with Crippen LogP contribution in [0.5, 0.6) is 0 Å². The van der Waals surface area contributed by atoms with Crippen LogP contribution >= 0.6 is 0 Å². The van der Waals surface area contributed by atoms with Crippen LogP contribution in [0.1, 0.15) is 20.3 Å². The molecule has 0 rings (SSSR count). The Hall–Kier alpha value is -0.160. The normalized spacial score (nSPS) is 16.9. The summed E-state index contributed by atoms with van der Waals surface area (Å²) in [5.74, 6) is 0. The summed E-state index contributed by atoms with van der Waals surface area (Å²) in [7, 11) is 0. The van der Waals surface area contributed by atoms with Crippen LogP contribution in [0.4, 0.5) is 0 Å². The highest BCUT2D eigenvalue weighted by atomic mass is 16.3. The largest absolute Gasteiger partial charge is 0.379 e. The lowest BCUT2D eigenvalue weighted by Crippen LogP contribution is -2.41. The van der Waals surface area contributed by atoms with Gasteiger partial charge in [0.2, 0.25) is 0 Å². The Labute approximate surface area is 67.6 Å². The number of hydrogen-bond acceptors (Lipinski definition) is 4. The number of rotatable bonds is 5. The Morgan fingerprint density at radius 1 is 1.27 bits per heavy atom. The monoisotopic (exact) mass is 162 g/mol. The molecule has 0 saturated heterocycles. The molecule has 0 saturated carbocycles. The Morgan fingerprint density at radius 3 is 2.00 bits per heavy atom. The number of hydrogen-bond donors (Lipinski definition) is 3. The molecule has 68 valence electrons. The fourth-order valence-electron chi connectivity index (χ4n) is 0.960. The van der Waals surface area contributed by atoms with Gasteiger partial charge < -0.3 is 15.9 Å². The van der Waals surface area contributed by atoms with Gasteiger partial charge in [0.15, 0.2) is 0 Å². The SMILES string of the molecule is C[C@H](O)N(CCCN)[C@@H](C)O. The smallest absolute Gasteiger partial charge is 0.106 e. The molecule has 4 heteroatoms. The second-order valence-electron chi connectivity index (χ2n) is 2.64. The van der Waals surface area contributed by atoms with Gasteiger partial charge in [-0.25, -0.2) is 0 Å². The first kappa shape index (κ1) is 10.8. The maximum atomic E-state index is 9.13. The molecule has 0 aromatic carbocycles. The molecule has 0 aliphatic rings. The standard InChI is InChI=1S/C7H18N2O2/c1-6(10)9(7(2)11)5-3-4-8/h6-7,10-11H,3-5,8H2,1-2H3/t6-,7+. The first-order chi connectivity index (χ1) is 5.09. The first-order valence-corrected chi connectivity index (χ1v) is 3.91. The Kier molecular flexibility index (Phi) is 5.41. The summed E-state index contributed by atoms with van der Waals surface area (Å²) in [5.41, 5.74) is 5.29. The zero-order valence-electron chi connectivity index (χ0n) is 7.20. The van der Waals surface area contributed by atoms with E-state index >= 15 is 0 Å². The molecule has 0 radical (unpaired) electrons. The summed E-state index contributed by atoms with van der Waals surface area (Å²) in [6, 6.07) is 0. The lowest BCUT2D eigenvalue weighted by Gasteiger charge is -2.27. The molecule has 0 heterocycles. The van der Waals surface area contributed by atoms with Gasteiger partial charge in [0.25, 0.3) is 0 Å². The van der Waals surface area contributed by atoms with Crippen molar-refractivity contribution in [3.05, 3.63) is 0 Å². The van der Waals surface area contributed by atoms with Crippen molar-refractivity contribution in [2.45, 2.75) is 32.7 Å². The molecular formula is C7H18N2O2. The van der Waals surface area contributed by atoms with Crippen molar-refractivity contribution in [2.24, 2.45) is 5.73 Å². The van der Waals surface area contributed by atoms with Crippen LogP contribution in [-0.2, 0) is 0 Å². The molecule has 0 unspecified atom stereocenters. The lowest BCUT2D eigenvalue weighted by atomic mass is 10.3. The molecule has 0 aliphatic carbocycles. The summed E-state index contributed by atoms with van der Waals surface area (Å²) in [6.07, 6.45) is -0.432.